The van der Waals surface area contributed by atoms with E-state index >= 15 is 0 Å². The molecule has 0 amide bonds. The van der Waals surface area contributed by atoms with E-state index in [4.69, 9.17) is 20.1 Å². The molecule has 0 aliphatic rings. The third kappa shape index (κ3) is 24.2. The van der Waals surface area contributed by atoms with Gasteiger partial charge in [0.05, 0.1) is 25.9 Å². The molecular formula is C14H28O7. The fourth-order valence-corrected chi connectivity index (χ4v) is 1.36. The summed E-state index contributed by atoms with van der Waals surface area (Å²) in [5, 5.41) is 33.8. The van der Waals surface area contributed by atoms with Crippen LogP contribution in [0.5, 0.6) is 0 Å². The first-order valence-corrected chi connectivity index (χ1v) is 7.24. The Kier molecular flexibility index (Phi) is 17.8. The molecule has 0 saturated heterocycles. The van der Waals surface area contributed by atoms with E-state index in [9.17, 15) is 14.7 Å². The molecule has 0 aromatic heterocycles. The first-order valence-electron chi connectivity index (χ1n) is 7.24. The predicted octanol–water partition coefficient (Wildman–Crippen LogP) is 1.26. The predicted molar refractivity (Wildman–Crippen MR) is 77.2 cm³/mol. The smallest absolute Gasteiger partial charge is 0.303 e. The molecule has 1 unspecified atom stereocenters. The van der Waals surface area contributed by atoms with Crippen LogP contribution in [0.1, 0.15) is 51.9 Å². The van der Waals surface area contributed by atoms with Crippen LogP contribution >= 0.6 is 0 Å². The summed E-state index contributed by atoms with van der Waals surface area (Å²) in [6.45, 7) is 2.78. The first kappa shape index (κ1) is 22.1. The van der Waals surface area contributed by atoms with Crippen LogP contribution in [-0.2, 0) is 14.3 Å². The lowest BCUT2D eigenvalue weighted by Gasteiger charge is -2.09. The number of aliphatic carboxylic acids is 2. The quantitative estimate of drug-likeness (QED) is 0.400. The summed E-state index contributed by atoms with van der Waals surface area (Å²) in [5.74, 6) is -1.74. The second-order valence-electron chi connectivity index (χ2n) is 4.59. The highest BCUT2D eigenvalue weighted by atomic mass is 16.5. The maximum Gasteiger partial charge on any atom is 0.303 e. The standard InChI is InChI=1S/C8H18O3.C6H10O4/c1-2-3-4-8(10)7-11-6-5-9;7-5(8)3-1-2-4-6(9)10/h8-10H,2-7H2,1H3;1-4H2,(H,7,8)(H,9,10). The van der Waals surface area contributed by atoms with Gasteiger partial charge in [0.2, 0.25) is 0 Å². The second-order valence-corrected chi connectivity index (χ2v) is 4.59. The molecule has 0 heterocycles. The van der Waals surface area contributed by atoms with Crippen molar-refractivity contribution in [1.82, 2.24) is 0 Å². The monoisotopic (exact) mass is 308 g/mol. The van der Waals surface area contributed by atoms with Crippen molar-refractivity contribution in [2.45, 2.75) is 58.0 Å². The molecule has 4 N–H and O–H groups in total. The molecule has 126 valence electrons. The average molecular weight is 308 g/mol. The van der Waals surface area contributed by atoms with Crippen LogP contribution in [0.2, 0.25) is 0 Å². The first-order chi connectivity index (χ1) is 9.93. The maximum absolute atomic E-state index is 9.90. The van der Waals surface area contributed by atoms with Crippen molar-refractivity contribution in [2.24, 2.45) is 0 Å². The topological polar surface area (TPSA) is 124 Å². The third-order valence-corrected chi connectivity index (χ3v) is 2.47. The molecule has 0 aromatic rings. The number of ether oxygens (including phenoxy) is 1. The Morgan fingerprint density at radius 3 is 1.95 bits per heavy atom. The SMILES string of the molecule is CCCCC(O)COCCO.O=C(O)CCCCC(=O)O. The summed E-state index contributed by atoms with van der Waals surface area (Å²) in [5.41, 5.74) is 0. The van der Waals surface area contributed by atoms with Crippen LogP contribution in [0.25, 0.3) is 0 Å². The molecule has 0 radical (unpaired) electrons. The molecule has 1 atom stereocenters. The highest BCUT2D eigenvalue weighted by Crippen LogP contribution is 2.00. The Bertz CT molecular complexity index is 240. The minimum atomic E-state index is -0.870. The van der Waals surface area contributed by atoms with Gasteiger partial charge in [-0.05, 0) is 19.3 Å². The van der Waals surface area contributed by atoms with E-state index in [2.05, 4.69) is 6.92 Å². The van der Waals surface area contributed by atoms with E-state index in [1.807, 2.05) is 0 Å². The van der Waals surface area contributed by atoms with E-state index in [0.29, 0.717) is 26.1 Å². The molecule has 0 bridgehead atoms. The van der Waals surface area contributed by atoms with E-state index in [1.54, 1.807) is 0 Å². The van der Waals surface area contributed by atoms with Gasteiger partial charge in [-0.15, -0.1) is 0 Å². The van der Waals surface area contributed by atoms with Gasteiger partial charge in [0.15, 0.2) is 0 Å². The van der Waals surface area contributed by atoms with Crippen molar-refractivity contribution in [1.29, 1.82) is 0 Å². The van der Waals surface area contributed by atoms with Crippen molar-refractivity contribution >= 4 is 11.9 Å². The summed E-state index contributed by atoms with van der Waals surface area (Å²) < 4.78 is 4.94. The number of rotatable bonds is 12. The highest BCUT2D eigenvalue weighted by molar-refractivity contribution is 5.67. The molecular weight excluding hydrogens is 280 g/mol. The number of hydrogen-bond acceptors (Lipinski definition) is 5. The molecule has 0 fully saturated rings. The van der Waals surface area contributed by atoms with E-state index in [-0.39, 0.29) is 25.6 Å². The fourth-order valence-electron chi connectivity index (χ4n) is 1.36. The van der Waals surface area contributed by atoms with Gasteiger partial charge >= 0.3 is 11.9 Å². The van der Waals surface area contributed by atoms with Crippen LogP contribution in [0.4, 0.5) is 0 Å². The van der Waals surface area contributed by atoms with Crippen LogP contribution in [0.3, 0.4) is 0 Å². The molecule has 7 nitrogen and oxygen atoms in total. The van der Waals surface area contributed by atoms with Crippen molar-refractivity contribution < 1.29 is 34.8 Å². The molecule has 0 aliphatic heterocycles. The molecule has 0 rings (SSSR count). The zero-order valence-corrected chi connectivity index (χ0v) is 12.7. The molecule has 7 heteroatoms. The Morgan fingerprint density at radius 2 is 1.57 bits per heavy atom. The Balaban J connectivity index is 0. The molecule has 0 spiro atoms. The van der Waals surface area contributed by atoms with E-state index in [1.165, 1.54) is 0 Å². The minimum absolute atomic E-state index is 0.0283. The van der Waals surface area contributed by atoms with Crippen molar-refractivity contribution in [2.75, 3.05) is 19.8 Å². The second kappa shape index (κ2) is 16.9. The summed E-state index contributed by atoms with van der Waals surface area (Å²) >= 11 is 0. The van der Waals surface area contributed by atoms with Gasteiger partial charge in [-0.25, -0.2) is 0 Å². The van der Waals surface area contributed by atoms with Gasteiger partial charge in [-0.2, -0.15) is 0 Å². The number of unbranched alkanes of at least 4 members (excludes halogenated alkanes) is 2. The normalized spacial score (nSPS) is 11.4. The summed E-state index contributed by atoms with van der Waals surface area (Å²) in [6, 6.07) is 0. The van der Waals surface area contributed by atoms with Crippen molar-refractivity contribution in [3.8, 4) is 0 Å². The summed E-state index contributed by atoms with van der Waals surface area (Å²) in [7, 11) is 0. The largest absolute Gasteiger partial charge is 0.481 e. The van der Waals surface area contributed by atoms with Gasteiger partial charge in [-0.1, -0.05) is 19.8 Å². The van der Waals surface area contributed by atoms with Gasteiger partial charge in [0.25, 0.3) is 0 Å². The van der Waals surface area contributed by atoms with Gasteiger partial charge in [0, 0.05) is 12.8 Å². The van der Waals surface area contributed by atoms with Crippen LogP contribution in [0, 0.1) is 0 Å². The zero-order valence-electron chi connectivity index (χ0n) is 12.7. The third-order valence-electron chi connectivity index (χ3n) is 2.47. The average Bonchev–Trinajstić information content (AvgIpc) is 2.42. The van der Waals surface area contributed by atoms with Crippen molar-refractivity contribution in [3.63, 3.8) is 0 Å². The number of hydrogen-bond donors (Lipinski definition) is 4. The van der Waals surface area contributed by atoms with Crippen molar-refractivity contribution in [3.05, 3.63) is 0 Å². The van der Waals surface area contributed by atoms with E-state index in [0.717, 1.165) is 19.3 Å². The Morgan fingerprint density at radius 1 is 1.05 bits per heavy atom. The number of carboxylic acids is 2. The number of carbonyl (C=O) groups is 2. The van der Waals surface area contributed by atoms with Crippen LogP contribution < -0.4 is 0 Å². The van der Waals surface area contributed by atoms with E-state index < -0.39 is 11.9 Å². The molecule has 21 heavy (non-hydrogen) atoms. The van der Waals surface area contributed by atoms with Gasteiger partial charge in [-0.3, -0.25) is 9.59 Å². The molecule has 0 aromatic carbocycles. The lowest BCUT2D eigenvalue weighted by Crippen LogP contribution is -2.16. The number of aliphatic hydroxyl groups excluding tert-OH is 2. The summed E-state index contributed by atoms with van der Waals surface area (Å²) in [4.78, 5) is 19.8. The van der Waals surface area contributed by atoms with Gasteiger partial charge < -0.3 is 25.2 Å². The molecule has 0 aliphatic carbocycles. The number of aliphatic hydroxyl groups is 2. The molecule has 0 saturated carbocycles. The van der Waals surface area contributed by atoms with Gasteiger partial charge in [0.1, 0.15) is 0 Å². The fraction of sp³-hybridized carbons (Fsp3) is 0.857. The Hall–Kier alpha value is -1.18. The zero-order chi connectivity index (χ0) is 16.5. The summed E-state index contributed by atoms with van der Waals surface area (Å²) in [6.07, 6.45) is 3.58. The maximum atomic E-state index is 9.90. The lowest BCUT2D eigenvalue weighted by molar-refractivity contribution is -0.139. The number of carboxylic acid groups (broad SMARTS) is 2. The Labute approximate surface area is 125 Å². The lowest BCUT2D eigenvalue weighted by atomic mass is 10.2. The highest BCUT2D eigenvalue weighted by Gasteiger charge is 2.02. The van der Waals surface area contributed by atoms with Crippen LogP contribution in [-0.4, -0.2) is 58.3 Å². The minimum Gasteiger partial charge on any atom is -0.481 e. The van der Waals surface area contributed by atoms with Crippen LogP contribution in [0.15, 0.2) is 0 Å².